The van der Waals surface area contributed by atoms with E-state index < -0.39 is 0 Å². The van der Waals surface area contributed by atoms with E-state index in [-0.39, 0.29) is 11.9 Å². The molecule has 17 heavy (non-hydrogen) atoms. The van der Waals surface area contributed by atoms with Crippen molar-refractivity contribution in [2.75, 3.05) is 6.61 Å². The Morgan fingerprint density at radius 3 is 2.65 bits per heavy atom. The molecule has 2 heteroatoms. The maximum absolute atomic E-state index is 6.21. The number of ether oxygens (including phenoxy) is 2. The van der Waals surface area contributed by atoms with E-state index in [2.05, 4.69) is 38.1 Å². The summed E-state index contributed by atoms with van der Waals surface area (Å²) in [6, 6.07) is 10.5. The zero-order chi connectivity index (χ0) is 12.3. The highest BCUT2D eigenvalue weighted by Gasteiger charge is 2.44. The summed E-state index contributed by atoms with van der Waals surface area (Å²) >= 11 is 0. The van der Waals surface area contributed by atoms with Gasteiger partial charge < -0.3 is 9.47 Å². The molecule has 0 N–H and O–H groups in total. The van der Waals surface area contributed by atoms with E-state index in [0.717, 1.165) is 12.8 Å². The van der Waals surface area contributed by atoms with Crippen LogP contribution in [0.15, 0.2) is 30.3 Å². The third kappa shape index (κ3) is 2.38. The van der Waals surface area contributed by atoms with Gasteiger partial charge >= 0.3 is 0 Å². The highest BCUT2D eigenvalue weighted by molar-refractivity contribution is 5.24. The second-order valence-electron chi connectivity index (χ2n) is 4.95. The van der Waals surface area contributed by atoms with E-state index in [4.69, 9.17) is 9.47 Å². The van der Waals surface area contributed by atoms with Gasteiger partial charge in [0.25, 0.3) is 0 Å². The van der Waals surface area contributed by atoms with Gasteiger partial charge in [-0.05, 0) is 24.8 Å². The van der Waals surface area contributed by atoms with Gasteiger partial charge in [0.15, 0.2) is 6.29 Å². The topological polar surface area (TPSA) is 18.5 Å². The highest BCUT2D eigenvalue weighted by Crippen LogP contribution is 2.45. The van der Waals surface area contributed by atoms with Crippen molar-refractivity contribution < 1.29 is 9.47 Å². The van der Waals surface area contributed by atoms with Crippen LogP contribution in [-0.2, 0) is 15.1 Å². The number of hydrogen-bond donors (Lipinski definition) is 0. The van der Waals surface area contributed by atoms with Gasteiger partial charge in [0.2, 0.25) is 0 Å². The van der Waals surface area contributed by atoms with Crippen LogP contribution in [0, 0.1) is 5.92 Å². The average molecular weight is 234 g/mol. The fourth-order valence-corrected chi connectivity index (χ4v) is 2.68. The SMILES string of the molecule is CCO[C@@H]1CC[C@@](c2ccccc2)(C(C)C)O1. The molecule has 0 spiro atoms. The van der Waals surface area contributed by atoms with Crippen LogP contribution in [-0.4, -0.2) is 12.9 Å². The Morgan fingerprint density at radius 2 is 2.06 bits per heavy atom. The van der Waals surface area contributed by atoms with Crippen LogP contribution < -0.4 is 0 Å². The van der Waals surface area contributed by atoms with Crippen molar-refractivity contribution in [2.24, 2.45) is 5.92 Å². The zero-order valence-corrected chi connectivity index (χ0v) is 11.0. The van der Waals surface area contributed by atoms with Crippen molar-refractivity contribution >= 4 is 0 Å². The molecule has 1 aromatic rings. The van der Waals surface area contributed by atoms with Gasteiger partial charge in [-0.3, -0.25) is 0 Å². The standard InChI is InChI=1S/C15H22O2/c1-4-16-14-10-11-15(17-14,12(2)3)13-8-6-5-7-9-13/h5-9,12,14H,4,10-11H2,1-3H3/t14-,15-/m0/s1. The Bertz CT molecular complexity index is 347. The smallest absolute Gasteiger partial charge is 0.158 e. The van der Waals surface area contributed by atoms with Crippen LogP contribution in [0.5, 0.6) is 0 Å². The van der Waals surface area contributed by atoms with E-state index in [9.17, 15) is 0 Å². The van der Waals surface area contributed by atoms with E-state index in [1.165, 1.54) is 5.56 Å². The summed E-state index contributed by atoms with van der Waals surface area (Å²) in [5.41, 5.74) is 1.11. The molecule has 0 amide bonds. The predicted octanol–water partition coefficient (Wildman–Crippen LogP) is 3.71. The molecule has 0 aliphatic carbocycles. The molecule has 1 fully saturated rings. The van der Waals surface area contributed by atoms with Crippen molar-refractivity contribution in [3.8, 4) is 0 Å². The molecule has 0 aromatic heterocycles. The lowest BCUT2D eigenvalue weighted by Crippen LogP contribution is -2.33. The van der Waals surface area contributed by atoms with Crippen molar-refractivity contribution in [3.63, 3.8) is 0 Å². The molecule has 94 valence electrons. The molecule has 1 saturated heterocycles. The fraction of sp³-hybridized carbons (Fsp3) is 0.600. The summed E-state index contributed by atoms with van der Waals surface area (Å²) in [5.74, 6) is 0.454. The second kappa shape index (κ2) is 5.19. The van der Waals surface area contributed by atoms with Gasteiger partial charge in [-0.25, -0.2) is 0 Å². The lowest BCUT2D eigenvalue weighted by molar-refractivity contribution is -0.183. The highest BCUT2D eigenvalue weighted by atomic mass is 16.7. The first-order valence-electron chi connectivity index (χ1n) is 6.54. The lowest BCUT2D eigenvalue weighted by Gasteiger charge is -2.34. The van der Waals surface area contributed by atoms with Crippen LogP contribution >= 0.6 is 0 Å². The molecule has 2 atom stereocenters. The minimum atomic E-state index is -0.166. The fourth-order valence-electron chi connectivity index (χ4n) is 2.68. The Labute approximate surface area is 104 Å². The molecule has 2 nitrogen and oxygen atoms in total. The predicted molar refractivity (Wildman–Crippen MR) is 68.7 cm³/mol. The zero-order valence-electron chi connectivity index (χ0n) is 11.0. The summed E-state index contributed by atoms with van der Waals surface area (Å²) in [6.45, 7) is 7.18. The molecule has 1 aliphatic heterocycles. The molecule has 2 rings (SSSR count). The number of benzene rings is 1. The van der Waals surface area contributed by atoms with Crippen LogP contribution in [0.25, 0.3) is 0 Å². The van der Waals surface area contributed by atoms with Crippen LogP contribution in [0.3, 0.4) is 0 Å². The first-order chi connectivity index (χ1) is 8.19. The third-order valence-corrected chi connectivity index (χ3v) is 3.64. The summed E-state index contributed by atoms with van der Waals surface area (Å²) in [5, 5.41) is 0. The van der Waals surface area contributed by atoms with Gasteiger partial charge in [0.1, 0.15) is 0 Å². The van der Waals surface area contributed by atoms with Crippen molar-refractivity contribution in [3.05, 3.63) is 35.9 Å². The maximum Gasteiger partial charge on any atom is 0.158 e. The van der Waals surface area contributed by atoms with Gasteiger partial charge in [-0.2, -0.15) is 0 Å². The molecular weight excluding hydrogens is 212 g/mol. The average Bonchev–Trinajstić information content (AvgIpc) is 2.76. The molecule has 1 aliphatic rings. The van der Waals surface area contributed by atoms with E-state index in [1.807, 2.05) is 13.0 Å². The van der Waals surface area contributed by atoms with Gasteiger partial charge in [-0.15, -0.1) is 0 Å². The monoisotopic (exact) mass is 234 g/mol. The molecule has 0 radical (unpaired) electrons. The van der Waals surface area contributed by atoms with Crippen molar-refractivity contribution in [1.82, 2.24) is 0 Å². The summed E-state index contributed by atoms with van der Waals surface area (Å²) in [6.07, 6.45) is 1.99. The van der Waals surface area contributed by atoms with E-state index >= 15 is 0 Å². The second-order valence-corrected chi connectivity index (χ2v) is 4.95. The summed E-state index contributed by atoms with van der Waals surface area (Å²) in [7, 11) is 0. The normalized spacial score (nSPS) is 28.8. The molecule has 1 aromatic carbocycles. The Kier molecular flexibility index (Phi) is 3.85. The Morgan fingerprint density at radius 1 is 1.35 bits per heavy atom. The third-order valence-electron chi connectivity index (χ3n) is 3.64. The minimum Gasteiger partial charge on any atom is -0.353 e. The van der Waals surface area contributed by atoms with Gasteiger partial charge in [-0.1, -0.05) is 44.2 Å². The Hall–Kier alpha value is -0.860. The van der Waals surface area contributed by atoms with Crippen molar-refractivity contribution in [1.29, 1.82) is 0 Å². The van der Waals surface area contributed by atoms with Crippen LogP contribution in [0.2, 0.25) is 0 Å². The molecule has 0 bridgehead atoms. The van der Waals surface area contributed by atoms with Crippen LogP contribution in [0.1, 0.15) is 39.2 Å². The number of rotatable bonds is 4. The molecule has 0 saturated carbocycles. The first kappa shape index (κ1) is 12.6. The quantitative estimate of drug-likeness (QED) is 0.790. The minimum absolute atomic E-state index is 0.0393. The Balaban J connectivity index is 2.24. The summed E-state index contributed by atoms with van der Waals surface area (Å²) in [4.78, 5) is 0. The van der Waals surface area contributed by atoms with Crippen molar-refractivity contribution in [2.45, 2.75) is 45.5 Å². The maximum atomic E-state index is 6.21. The molecular formula is C15H22O2. The molecule has 1 heterocycles. The van der Waals surface area contributed by atoms with Gasteiger partial charge in [0.05, 0.1) is 5.60 Å². The largest absolute Gasteiger partial charge is 0.353 e. The first-order valence-corrected chi connectivity index (χ1v) is 6.54. The molecule has 0 unspecified atom stereocenters. The lowest BCUT2D eigenvalue weighted by atomic mass is 9.81. The van der Waals surface area contributed by atoms with E-state index in [1.54, 1.807) is 0 Å². The number of hydrogen-bond acceptors (Lipinski definition) is 2. The van der Waals surface area contributed by atoms with E-state index in [0.29, 0.717) is 12.5 Å². The van der Waals surface area contributed by atoms with Gasteiger partial charge in [0, 0.05) is 13.0 Å². The summed E-state index contributed by atoms with van der Waals surface area (Å²) < 4.78 is 11.8. The van der Waals surface area contributed by atoms with Crippen LogP contribution in [0.4, 0.5) is 0 Å².